The lowest BCUT2D eigenvalue weighted by Gasteiger charge is -2.36. The largest absolute Gasteiger partial charge is 0.382 e. The minimum absolute atomic E-state index is 0.152. The maximum absolute atomic E-state index is 13.7. The molecule has 164 valence electrons. The van der Waals surface area contributed by atoms with Crippen LogP contribution in [0.25, 0.3) is 0 Å². The summed E-state index contributed by atoms with van der Waals surface area (Å²) in [6.45, 7) is 1.47. The van der Waals surface area contributed by atoms with Gasteiger partial charge in [-0.3, -0.25) is 9.78 Å². The summed E-state index contributed by atoms with van der Waals surface area (Å²) in [5.41, 5.74) is 4.12. The maximum atomic E-state index is 13.7. The third kappa shape index (κ3) is 4.27. The van der Waals surface area contributed by atoms with Crippen LogP contribution in [0.15, 0.2) is 67.0 Å². The molecule has 2 aliphatic heterocycles. The van der Waals surface area contributed by atoms with Gasteiger partial charge in [0.1, 0.15) is 6.04 Å². The summed E-state index contributed by atoms with van der Waals surface area (Å²) < 4.78 is 0. The van der Waals surface area contributed by atoms with E-state index >= 15 is 0 Å². The van der Waals surface area contributed by atoms with Crippen molar-refractivity contribution in [1.82, 2.24) is 9.88 Å². The van der Waals surface area contributed by atoms with Crippen molar-refractivity contribution in [2.24, 2.45) is 0 Å². The number of piperidine rings is 1. The summed E-state index contributed by atoms with van der Waals surface area (Å²) in [7, 11) is 0. The van der Waals surface area contributed by atoms with Crippen molar-refractivity contribution >= 4 is 46.2 Å². The normalized spacial score (nSPS) is 18.5. The fourth-order valence-corrected chi connectivity index (χ4v) is 5.23. The van der Waals surface area contributed by atoms with Gasteiger partial charge >= 0.3 is 0 Å². The van der Waals surface area contributed by atoms with Gasteiger partial charge < -0.3 is 15.1 Å². The molecule has 0 bridgehead atoms. The molecule has 1 atom stereocenters. The number of amides is 1. The number of anilines is 3. The number of rotatable bonds is 4. The highest BCUT2D eigenvalue weighted by Crippen LogP contribution is 2.41. The minimum Gasteiger partial charge on any atom is -0.382 e. The van der Waals surface area contributed by atoms with Gasteiger partial charge in [0.15, 0.2) is 0 Å². The summed E-state index contributed by atoms with van der Waals surface area (Å²) in [6.07, 6.45) is 6.08. The van der Waals surface area contributed by atoms with Crippen LogP contribution in [-0.4, -0.2) is 41.0 Å². The first-order valence-electron chi connectivity index (χ1n) is 10.9. The first-order chi connectivity index (χ1) is 15.6. The molecule has 5 rings (SSSR count). The molecule has 1 amide bonds. The number of hydrogen-bond donors (Lipinski definition) is 1. The highest BCUT2D eigenvalue weighted by molar-refractivity contribution is 6.35. The summed E-state index contributed by atoms with van der Waals surface area (Å²) in [5, 5.41) is 4.68. The number of pyridine rings is 1. The summed E-state index contributed by atoms with van der Waals surface area (Å²) >= 11 is 12.6. The molecule has 1 unspecified atom stereocenters. The zero-order valence-electron chi connectivity index (χ0n) is 17.5. The Morgan fingerprint density at radius 1 is 0.969 bits per heavy atom. The Morgan fingerprint density at radius 3 is 2.38 bits per heavy atom. The van der Waals surface area contributed by atoms with Crippen molar-refractivity contribution in [2.45, 2.75) is 31.3 Å². The van der Waals surface area contributed by atoms with Crippen LogP contribution in [0.4, 0.5) is 17.1 Å². The van der Waals surface area contributed by atoms with Crippen molar-refractivity contribution in [1.29, 1.82) is 0 Å². The second-order valence-corrected chi connectivity index (χ2v) is 9.20. The Kier molecular flexibility index (Phi) is 5.94. The number of fused-ring (bicyclic) bond motifs is 1. The number of carbonyl (C=O) groups is 1. The van der Waals surface area contributed by atoms with E-state index in [1.165, 1.54) is 0 Å². The van der Waals surface area contributed by atoms with E-state index in [4.69, 9.17) is 23.2 Å². The van der Waals surface area contributed by atoms with Crippen LogP contribution in [0.3, 0.4) is 0 Å². The van der Waals surface area contributed by atoms with Gasteiger partial charge in [-0.05, 0) is 54.8 Å². The van der Waals surface area contributed by atoms with Crippen molar-refractivity contribution in [2.75, 3.05) is 23.3 Å². The van der Waals surface area contributed by atoms with Crippen LogP contribution in [0, 0.1) is 0 Å². The Hall–Kier alpha value is -2.76. The standard InChI is InChI=1S/C25H24Cl2N4O/c26-18-14-19(27)16-22(15-18)31-23-4-2-1-3-17(23)13-24(31)25(32)30-11-7-21(8-12-30)29-20-5-9-28-10-6-20/h1-6,9-10,14-16,21,24H,7-8,11-13H2,(H,28,29). The lowest BCUT2D eigenvalue weighted by Crippen LogP contribution is -2.50. The van der Waals surface area contributed by atoms with Crippen LogP contribution >= 0.6 is 23.2 Å². The monoisotopic (exact) mass is 466 g/mol. The molecule has 32 heavy (non-hydrogen) atoms. The van der Waals surface area contributed by atoms with Crippen LogP contribution in [-0.2, 0) is 11.2 Å². The number of benzene rings is 2. The molecule has 0 saturated carbocycles. The molecule has 7 heteroatoms. The molecule has 2 aromatic carbocycles. The Labute approximate surface area is 198 Å². The maximum Gasteiger partial charge on any atom is 0.246 e. The number of nitrogens with one attached hydrogen (secondary N) is 1. The lowest BCUT2D eigenvalue weighted by molar-refractivity contribution is -0.133. The van der Waals surface area contributed by atoms with E-state index in [9.17, 15) is 4.79 Å². The zero-order valence-corrected chi connectivity index (χ0v) is 19.1. The van der Waals surface area contributed by atoms with Gasteiger partial charge in [-0.15, -0.1) is 0 Å². The predicted octanol–water partition coefficient (Wildman–Crippen LogP) is 5.55. The first-order valence-corrected chi connectivity index (χ1v) is 11.6. The fraction of sp³-hybridized carbons (Fsp3) is 0.280. The predicted molar refractivity (Wildman–Crippen MR) is 130 cm³/mol. The molecule has 2 aliphatic rings. The number of hydrogen-bond acceptors (Lipinski definition) is 4. The quantitative estimate of drug-likeness (QED) is 0.546. The van der Waals surface area contributed by atoms with Crippen LogP contribution < -0.4 is 10.2 Å². The number of para-hydroxylation sites is 1. The van der Waals surface area contributed by atoms with Crippen molar-refractivity contribution in [3.05, 3.63) is 82.6 Å². The molecule has 0 spiro atoms. The molecular weight excluding hydrogens is 443 g/mol. The molecule has 1 saturated heterocycles. The van der Waals surface area contributed by atoms with E-state index in [0.29, 0.717) is 22.5 Å². The highest BCUT2D eigenvalue weighted by Gasteiger charge is 2.38. The Balaban J connectivity index is 1.34. The molecule has 0 radical (unpaired) electrons. The zero-order chi connectivity index (χ0) is 22.1. The molecule has 1 N–H and O–H groups in total. The van der Waals surface area contributed by atoms with Crippen molar-refractivity contribution in [3.63, 3.8) is 0 Å². The topological polar surface area (TPSA) is 48.5 Å². The van der Waals surface area contributed by atoms with Gasteiger partial charge in [-0.1, -0.05) is 41.4 Å². The summed E-state index contributed by atoms with van der Waals surface area (Å²) in [5.74, 6) is 0.152. The van der Waals surface area contributed by atoms with Gasteiger partial charge in [-0.25, -0.2) is 0 Å². The lowest BCUT2D eigenvalue weighted by atomic mass is 10.0. The van der Waals surface area contributed by atoms with Gasteiger partial charge in [0, 0.05) is 65.1 Å². The van der Waals surface area contributed by atoms with Crippen LogP contribution in [0.2, 0.25) is 10.0 Å². The third-order valence-electron chi connectivity index (χ3n) is 6.24. The Bertz CT molecular complexity index is 1100. The molecule has 5 nitrogen and oxygen atoms in total. The van der Waals surface area contributed by atoms with Crippen molar-refractivity contribution < 1.29 is 4.79 Å². The summed E-state index contributed by atoms with van der Waals surface area (Å²) in [6, 6.07) is 17.6. The third-order valence-corrected chi connectivity index (χ3v) is 6.68. The number of nitrogens with zero attached hydrogens (tertiary/aromatic N) is 3. The van der Waals surface area contributed by atoms with E-state index in [-0.39, 0.29) is 11.9 Å². The number of likely N-dealkylation sites (tertiary alicyclic amines) is 1. The Morgan fingerprint density at radius 2 is 1.66 bits per heavy atom. The highest BCUT2D eigenvalue weighted by atomic mass is 35.5. The van der Waals surface area contributed by atoms with Crippen molar-refractivity contribution in [3.8, 4) is 0 Å². The fourth-order valence-electron chi connectivity index (χ4n) is 4.72. The average Bonchev–Trinajstić information content (AvgIpc) is 3.19. The average molecular weight is 467 g/mol. The summed E-state index contributed by atoms with van der Waals surface area (Å²) in [4.78, 5) is 21.8. The van der Waals surface area contributed by atoms with E-state index in [2.05, 4.69) is 27.3 Å². The molecule has 1 aromatic heterocycles. The van der Waals surface area contributed by atoms with E-state index in [1.807, 2.05) is 41.3 Å². The number of halogens is 2. The van der Waals surface area contributed by atoms with Gasteiger partial charge in [0.25, 0.3) is 0 Å². The van der Waals surface area contributed by atoms with Gasteiger partial charge in [-0.2, -0.15) is 0 Å². The molecule has 1 fully saturated rings. The number of aromatic nitrogens is 1. The number of carbonyl (C=O) groups excluding carboxylic acids is 1. The van der Waals surface area contributed by atoms with Crippen LogP contribution in [0.1, 0.15) is 18.4 Å². The molecule has 3 heterocycles. The van der Waals surface area contributed by atoms with Gasteiger partial charge in [0.2, 0.25) is 5.91 Å². The van der Waals surface area contributed by atoms with E-state index in [1.54, 1.807) is 18.5 Å². The van der Waals surface area contributed by atoms with E-state index in [0.717, 1.165) is 48.6 Å². The molecule has 3 aromatic rings. The van der Waals surface area contributed by atoms with Gasteiger partial charge in [0.05, 0.1) is 0 Å². The minimum atomic E-state index is -0.299. The smallest absolute Gasteiger partial charge is 0.246 e. The molecule has 0 aliphatic carbocycles. The second-order valence-electron chi connectivity index (χ2n) is 8.33. The first kappa shape index (κ1) is 21.1. The van der Waals surface area contributed by atoms with E-state index < -0.39 is 0 Å². The second kappa shape index (κ2) is 9.00. The van der Waals surface area contributed by atoms with Crippen LogP contribution in [0.5, 0.6) is 0 Å². The molecular formula is C25H24Cl2N4O. The SMILES string of the molecule is O=C(C1Cc2ccccc2N1c1cc(Cl)cc(Cl)c1)N1CCC(Nc2ccncc2)CC1.